The Hall–Kier alpha value is -4.33. The maximum atomic E-state index is 13.3. The molecule has 1 N–H and O–H groups in total. The summed E-state index contributed by atoms with van der Waals surface area (Å²) in [7, 11) is 4.75. The first-order valence-electron chi connectivity index (χ1n) is 10.7. The van der Waals surface area contributed by atoms with Gasteiger partial charge in [0.1, 0.15) is 5.75 Å². The van der Waals surface area contributed by atoms with Crippen LogP contribution >= 0.6 is 0 Å². The zero-order valence-electron chi connectivity index (χ0n) is 19.3. The number of ether oxygens (including phenoxy) is 3. The first-order chi connectivity index (χ1) is 16.6. The van der Waals surface area contributed by atoms with E-state index in [0.29, 0.717) is 29.8 Å². The lowest BCUT2D eigenvalue weighted by Gasteiger charge is -2.10. The summed E-state index contributed by atoms with van der Waals surface area (Å²) in [4.78, 5) is 17.9. The van der Waals surface area contributed by atoms with E-state index < -0.39 is 0 Å². The summed E-state index contributed by atoms with van der Waals surface area (Å²) in [6.07, 6.45) is 0.117. The fourth-order valence-electron chi connectivity index (χ4n) is 3.48. The minimum absolute atomic E-state index is 0.117. The van der Waals surface area contributed by atoms with Crippen molar-refractivity contribution in [3.8, 4) is 28.6 Å². The second-order valence-corrected chi connectivity index (χ2v) is 7.50. The van der Waals surface area contributed by atoms with Gasteiger partial charge in [-0.2, -0.15) is 9.67 Å². The van der Waals surface area contributed by atoms with Crippen molar-refractivity contribution < 1.29 is 19.0 Å². The maximum absolute atomic E-state index is 13.3. The Morgan fingerprint density at radius 1 is 0.853 bits per heavy atom. The van der Waals surface area contributed by atoms with E-state index in [1.54, 1.807) is 33.5 Å². The van der Waals surface area contributed by atoms with Crippen molar-refractivity contribution in [1.82, 2.24) is 14.8 Å². The predicted octanol–water partition coefficient (Wildman–Crippen LogP) is 4.47. The van der Waals surface area contributed by atoms with Gasteiger partial charge in [-0.3, -0.25) is 4.79 Å². The number of anilines is 1. The molecule has 0 saturated carbocycles. The molecule has 34 heavy (non-hydrogen) atoms. The van der Waals surface area contributed by atoms with Gasteiger partial charge in [-0.1, -0.05) is 36.4 Å². The Morgan fingerprint density at radius 2 is 1.59 bits per heavy atom. The number of nitrogens with zero attached hydrogens (tertiary/aromatic N) is 3. The van der Waals surface area contributed by atoms with Gasteiger partial charge in [0.25, 0.3) is 5.91 Å². The summed E-state index contributed by atoms with van der Waals surface area (Å²) in [5, 5.41) is 7.77. The molecule has 0 radical (unpaired) electrons. The van der Waals surface area contributed by atoms with Crippen LogP contribution < -0.4 is 19.5 Å². The molecule has 0 bridgehead atoms. The van der Waals surface area contributed by atoms with E-state index in [4.69, 9.17) is 14.2 Å². The molecule has 8 heteroatoms. The summed E-state index contributed by atoms with van der Waals surface area (Å²) in [5.41, 5.74) is 2.62. The van der Waals surface area contributed by atoms with E-state index in [0.717, 1.165) is 22.4 Å². The molecule has 0 spiro atoms. The van der Waals surface area contributed by atoms with Crippen molar-refractivity contribution in [2.75, 3.05) is 26.6 Å². The molecule has 1 heterocycles. The van der Waals surface area contributed by atoms with Gasteiger partial charge in [-0.15, -0.1) is 5.10 Å². The molecule has 0 saturated heterocycles. The summed E-state index contributed by atoms with van der Waals surface area (Å²) >= 11 is 0. The summed E-state index contributed by atoms with van der Waals surface area (Å²) < 4.78 is 17.2. The van der Waals surface area contributed by atoms with E-state index >= 15 is 0 Å². The molecule has 4 rings (SSSR count). The third kappa shape index (κ3) is 5.17. The Kier molecular flexibility index (Phi) is 7.07. The quantitative estimate of drug-likeness (QED) is 0.396. The SMILES string of the molecule is COc1ccc(-c2nc(NCc3ccccc3)n(C(=O)Cc3ccc(OC)c(OC)c3)n2)cc1. The van der Waals surface area contributed by atoms with E-state index in [9.17, 15) is 4.79 Å². The number of aromatic nitrogens is 3. The van der Waals surface area contributed by atoms with Gasteiger partial charge in [-0.05, 0) is 47.5 Å². The normalized spacial score (nSPS) is 10.6. The van der Waals surface area contributed by atoms with Crippen LogP contribution in [0.3, 0.4) is 0 Å². The van der Waals surface area contributed by atoms with Crippen LogP contribution in [0.25, 0.3) is 11.4 Å². The van der Waals surface area contributed by atoms with Gasteiger partial charge in [0, 0.05) is 12.1 Å². The molecule has 4 aromatic rings. The number of benzene rings is 3. The van der Waals surface area contributed by atoms with Crippen molar-refractivity contribution >= 4 is 11.9 Å². The van der Waals surface area contributed by atoms with Gasteiger partial charge in [0.15, 0.2) is 17.3 Å². The molecule has 0 aliphatic rings. The average molecular weight is 459 g/mol. The number of rotatable bonds is 9. The first-order valence-corrected chi connectivity index (χ1v) is 10.7. The van der Waals surface area contributed by atoms with Crippen LogP contribution in [0, 0.1) is 0 Å². The van der Waals surface area contributed by atoms with E-state index in [-0.39, 0.29) is 12.3 Å². The Balaban J connectivity index is 1.62. The third-order valence-corrected chi connectivity index (χ3v) is 5.29. The first kappa shape index (κ1) is 22.8. The van der Waals surface area contributed by atoms with Gasteiger partial charge in [0.2, 0.25) is 5.95 Å². The molecule has 8 nitrogen and oxygen atoms in total. The molecule has 174 valence electrons. The fraction of sp³-hybridized carbons (Fsp3) is 0.192. The number of nitrogens with one attached hydrogen (secondary N) is 1. The Bertz CT molecular complexity index is 1250. The lowest BCUT2D eigenvalue weighted by atomic mass is 10.1. The molecule has 0 fully saturated rings. The Morgan fingerprint density at radius 3 is 2.26 bits per heavy atom. The smallest absolute Gasteiger partial charge is 0.254 e. The van der Waals surface area contributed by atoms with E-state index in [1.807, 2.05) is 60.7 Å². The molecule has 0 atom stereocenters. The molecule has 3 aromatic carbocycles. The highest BCUT2D eigenvalue weighted by atomic mass is 16.5. The third-order valence-electron chi connectivity index (χ3n) is 5.29. The zero-order valence-corrected chi connectivity index (χ0v) is 19.3. The van der Waals surface area contributed by atoms with Gasteiger partial charge in [-0.25, -0.2) is 0 Å². The van der Waals surface area contributed by atoms with Gasteiger partial charge >= 0.3 is 0 Å². The van der Waals surface area contributed by atoms with Crippen LogP contribution in [-0.4, -0.2) is 42.0 Å². The molecular weight excluding hydrogens is 432 g/mol. The van der Waals surface area contributed by atoms with Crippen LogP contribution in [0.4, 0.5) is 5.95 Å². The van der Waals surface area contributed by atoms with Crippen LogP contribution in [0.15, 0.2) is 72.8 Å². The van der Waals surface area contributed by atoms with Crippen molar-refractivity contribution in [3.05, 3.63) is 83.9 Å². The van der Waals surface area contributed by atoms with E-state index in [1.165, 1.54) is 4.68 Å². The highest BCUT2D eigenvalue weighted by Gasteiger charge is 2.18. The number of carbonyl (C=O) groups excluding carboxylic acids is 1. The molecule has 0 aliphatic carbocycles. The Labute approximate surface area is 198 Å². The van der Waals surface area contributed by atoms with Crippen molar-refractivity contribution in [3.63, 3.8) is 0 Å². The summed E-state index contributed by atoms with van der Waals surface area (Å²) in [6, 6.07) is 22.7. The second-order valence-electron chi connectivity index (χ2n) is 7.50. The maximum Gasteiger partial charge on any atom is 0.254 e. The minimum Gasteiger partial charge on any atom is -0.497 e. The van der Waals surface area contributed by atoms with Gasteiger partial charge in [0.05, 0.1) is 27.8 Å². The standard InChI is InChI=1S/C26H26N4O4/c1-32-21-12-10-20(11-13-21)25-28-26(27-17-18-7-5-4-6-8-18)30(29-25)24(31)16-19-9-14-22(33-2)23(15-19)34-3/h4-15H,16-17H2,1-3H3,(H,27,28,29). The van der Waals surface area contributed by atoms with Crippen LogP contribution in [-0.2, 0) is 13.0 Å². The molecule has 0 amide bonds. The molecule has 0 unspecified atom stereocenters. The summed E-state index contributed by atoms with van der Waals surface area (Å²) in [6.45, 7) is 0.505. The number of carbonyl (C=O) groups is 1. The predicted molar refractivity (Wildman–Crippen MR) is 130 cm³/mol. The van der Waals surface area contributed by atoms with Crippen molar-refractivity contribution in [1.29, 1.82) is 0 Å². The highest BCUT2D eigenvalue weighted by molar-refractivity contribution is 5.83. The molecular formula is C26H26N4O4. The number of hydrogen-bond acceptors (Lipinski definition) is 7. The topological polar surface area (TPSA) is 87.5 Å². The zero-order chi connectivity index (χ0) is 23.9. The van der Waals surface area contributed by atoms with Gasteiger partial charge < -0.3 is 19.5 Å². The second kappa shape index (κ2) is 10.5. The van der Waals surface area contributed by atoms with E-state index in [2.05, 4.69) is 15.4 Å². The van der Waals surface area contributed by atoms with Crippen molar-refractivity contribution in [2.45, 2.75) is 13.0 Å². The number of methoxy groups -OCH3 is 3. The monoisotopic (exact) mass is 458 g/mol. The summed E-state index contributed by atoms with van der Waals surface area (Å²) in [5.74, 6) is 2.49. The lowest BCUT2D eigenvalue weighted by molar-refractivity contribution is 0.0901. The molecule has 1 aromatic heterocycles. The largest absolute Gasteiger partial charge is 0.497 e. The average Bonchev–Trinajstić information content (AvgIpc) is 3.32. The highest BCUT2D eigenvalue weighted by Crippen LogP contribution is 2.28. The number of hydrogen-bond donors (Lipinski definition) is 1. The van der Waals surface area contributed by atoms with Crippen LogP contribution in [0.2, 0.25) is 0 Å². The van der Waals surface area contributed by atoms with Crippen molar-refractivity contribution in [2.24, 2.45) is 0 Å². The fourth-order valence-corrected chi connectivity index (χ4v) is 3.48. The van der Waals surface area contributed by atoms with Crippen LogP contribution in [0.1, 0.15) is 15.9 Å². The van der Waals surface area contributed by atoms with Crippen LogP contribution in [0.5, 0.6) is 17.2 Å². The molecule has 0 aliphatic heterocycles. The minimum atomic E-state index is -0.227. The lowest BCUT2D eigenvalue weighted by Crippen LogP contribution is -2.18.